The van der Waals surface area contributed by atoms with E-state index in [1.54, 1.807) is 0 Å². The van der Waals surface area contributed by atoms with Gasteiger partial charge in [-0.05, 0) is 80.6 Å². The van der Waals surface area contributed by atoms with Crippen molar-refractivity contribution >= 4 is 15.9 Å². The molecule has 1 heteroatoms. The third-order valence-electron chi connectivity index (χ3n) is 7.79. The van der Waals surface area contributed by atoms with Crippen LogP contribution >= 0.6 is 15.9 Å². The maximum Gasteiger partial charge on any atom is 0.0296 e. The summed E-state index contributed by atoms with van der Waals surface area (Å²) in [6.45, 7) is 0. The lowest BCUT2D eigenvalue weighted by atomic mass is 9.75. The summed E-state index contributed by atoms with van der Waals surface area (Å²) < 4.78 is 1.15. The molecule has 0 nitrogen and oxygen atoms in total. The standard InChI is InChI=1S/C33H23Br/c34-24-15-16-28-27-13-7-8-14-31(27)33(32(28)19-24)20-29-25(22-9-3-1-4-10-22)17-18-26(30(29)21-33)23-11-5-2-6-12-23/h1-19H,20-21H2. The van der Waals surface area contributed by atoms with Gasteiger partial charge in [0.05, 0.1) is 0 Å². The number of benzene rings is 5. The molecule has 5 aromatic carbocycles. The molecule has 0 unspecified atom stereocenters. The molecular formula is C33H23Br. The maximum atomic E-state index is 3.78. The molecule has 0 heterocycles. The molecule has 0 fully saturated rings. The average molecular weight is 499 g/mol. The summed E-state index contributed by atoms with van der Waals surface area (Å²) in [7, 11) is 0. The van der Waals surface area contributed by atoms with Crippen LogP contribution in [0.2, 0.25) is 0 Å². The van der Waals surface area contributed by atoms with Gasteiger partial charge in [0.1, 0.15) is 0 Å². The Bertz CT molecular complexity index is 1480. The van der Waals surface area contributed by atoms with E-state index in [4.69, 9.17) is 0 Å². The molecule has 0 aliphatic heterocycles. The van der Waals surface area contributed by atoms with Gasteiger partial charge in [0.2, 0.25) is 0 Å². The van der Waals surface area contributed by atoms with E-state index < -0.39 is 0 Å². The molecule has 0 amide bonds. The molecule has 0 bridgehead atoms. The molecule has 0 radical (unpaired) electrons. The molecule has 162 valence electrons. The highest BCUT2D eigenvalue weighted by Gasteiger charge is 2.48. The summed E-state index contributed by atoms with van der Waals surface area (Å²) in [6.07, 6.45) is 2.04. The zero-order valence-corrected chi connectivity index (χ0v) is 20.3. The van der Waals surface area contributed by atoms with E-state index in [1.807, 2.05) is 0 Å². The SMILES string of the molecule is Brc1ccc2c(c1)C1(Cc3c(-c4ccccc4)ccc(-c4ccccc4)c3C1)c1ccccc1-2. The predicted molar refractivity (Wildman–Crippen MR) is 145 cm³/mol. The van der Waals surface area contributed by atoms with Crippen LogP contribution in [0.15, 0.2) is 120 Å². The van der Waals surface area contributed by atoms with E-state index in [0.717, 1.165) is 17.3 Å². The Morgan fingerprint density at radius 2 is 0.971 bits per heavy atom. The first-order valence-electron chi connectivity index (χ1n) is 11.9. The van der Waals surface area contributed by atoms with Gasteiger partial charge in [-0.3, -0.25) is 0 Å². The van der Waals surface area contributed by atoms with Gasteiger partial charge in [0.15, 0.2) is 0 Å². The number of halogens is 1. The molecule has 2 aliphatic rings. The van der Waals surface area contributed by atoms with Crippen molar-refractivity contribution in [3.8, 4) is 33.4 Å². The highest BCUT2D eigenvalue weighted by Crippen LogP contribution is 2.58. The second-order valence-electron chi connectivity index (χ2n) is 9.52. The van der Waals surface area contributed by atoms with Gasteiger partial charge in [0.25, 0.3) is 0 Å². The molecular weight excluding hydrogens is 476 g/mol. The van der Waals surface area contributed by atoms with E-state index in [1.165, 1.54) is 55.6 Å². The Balaban J connectivity index is 1.51. The largest absolute Gasteiger partial charge is 0.0622 e. The van der Waals surface area contributed by atoms with Gasteiger partial charge in [0, 0.05) is 9.89 Å². The minimum absolute atomic E-state index is 0.0353. The molecule has 5 aromatic rings. The van der Waals surface area contributed by atoms with Crippen LogP contribution in [0.25, 0.3) is 33.4 Å². The predicted octanol–water partition coefficient (Wildman–Crippen LogP) is 8.85. The summed E-state index contributed by atoms with van der Waals surface area (Å²) in [5, 5.41) is 0. The van der Waals surface area contributed by atoms with Crippen molar-refractivity contribution in [2.75, 3.05) is 0 Å². The van der Waals surface area contributed by atoms with Gasteiger partial charge in [-0.25, -0.2) is 0 Å². The quantitative estimate of drug-likeness (QED) is 0.228. The normalized spacial score (nSPS) is 14.6. The number of rotatable bonds is 2. The van der Waals surface area contributed by atoms with Crippen molar-refractivity contribution < 1.29 is 0 Å². The van der Waals surface area contributed by atoms with E-state index in [-0.39, 0.29) is 5.41 Å². The third-order valence-corrected chi connectivity index (χ3v) is 8.28. The number of hydrogen-bond donors (Lipinski definition) is 0. The van der Waals surface area contributed by atoms with Crippen LogP contribution in [0, 0.1) is 0 Å². The maximum absolute atomic E-state index is 3.78. The summed E-state index contributed by atoms with van der Waals surface area (Å²) in [4.78, 5) is 0. The lowest BCUT2D eigenvalue weighted by Crippen LogP contribution is -2.25. The average Bonchev–Trinajstić information content (AvgIpc) is 3.42. The van der Waals surface area contributed by atoms with Crippen molar-refractivity contribution in [2.24, 2.45) is 0 Å². The van der Waals surface area contributed by atoms with Crippen LogP contribution in [0.5, 0.6) is 0 Å². The molecule has 34 heavy (non-hydrogen) atoms. The smallest absolute Gasteiger partial charge is 0.0296 e. The van der Waals surface area contributed by atoms with Crippen molar-refractivity contribution in [2.45, 2.75) is 18.3 Å². The molecule has 0 saturated carbocycles. The molecule has 0 atom stereocenters. The second-order valence-corrected chi connectivity index (χ2v) is 10.4. The van der Waals surface area contributed by atoms with Crippen LogP contribution < -0.4 is 0 Å². The van der Waals surface area contributed by atoms with Crippen LogP contribution in [-0.2, 0) is 18.3 Å². The minimum atomic E-state index is -0.0353. The first kappa shape index (κ1) is 20.0. The van der Waals surface area contributed by atoms with Gasteiger partial charge in [-0.1, -0.05) is 119 Å². The molecule has 0 saturated heterocycles. The monoisotopic (exact) mass is 498 g/mol. The Kier molecular flexibility index (Phi) is 4.44. The third kappa shape index (κ3) is 2.83. The van der Waals surface area contributed by atoms with Crippen LogP contribution in [0.4, 0.5) is 0 Å². The molecule has 7 rings (SSSR count). The molecule has 1 spiro atoms. The Morgan fingerprint density at radius 1 is 0.471 bits per heavy atom. The van der Waals surface area contributed by atoms with Crippen molar-refractivity contribution in [1.29, 1.82) is 0 Å². The Hall–Kier alpha value is -3.42. The molecule has 0 aromatic heterocycles. The fourth-order valence-corrected chi connectivity index (χ4v) is 6.71. The highest BCUT2D eigenvalue weighted by atomic mass is 79.9. The first-order chi connectivity index (χ1) is 16.7. The first-order valence-corrected chi connectivity index (χ1v) is 12.7. The molecule has 2 aliphatic carbocycles. The summed E-state index contributed by atoms with van der Waals surface area (Å²) >= 11 is 3.78. The zero-order valence-electron chi connectivity index (χ0n) is 18.8. The number of hydrogen-bond acceptors (Lipinski definition) is 0. The highest BCUT2D eigenvalue weighted by molar-refractivity contribution is 9.10. The van der Waals surface area contributed by atoms with E-state index in [9.17, 15) is 0 Å². The minimum Gasteiger partial charge on any atom is -0.0622 e. The van der Waals surface area contributed by atoms with E-state index in [2.05, 4.69) is 131 Å². The van der Waals surface area contributed by atoms with Crippen LogP contribution in [0.3, 0.4) is 0 Å². The van der Waals surface area contributed by atoms with E-state index in [0.29, 0.717) is 0 Å². The fraction of sp³-hybridized carbons (Fsp3) is 0.0909. The number of fused-ring (bicyclic) bond motifs is 6. The second kappa shape index (κ2) is 7.55. The Labute approximate surface area is 209 Å². The zero-order chi connectivity index (χ0) is 22.7. The summed E-state index contributed by atoms with van der Waals surface area (Å²) in [5.74, 6) is 0. The summed E-state index contributed by atoms with van der Waals surface area (Å²) in [6, 6.07) is 42.4. The molecule has 0 N–H and O–H groups in total. The lowest BCUT2D eigenvalue weighted by molar-refractivity contribution is 0.564. The van der Waals surface area contributed by atoms with Gasteiger partial charge in [-0.2, -0.15) is 0 Å². The van der Waals surface area contributed by atoms with Gasteiger partial charge < -0.3 is 0 Å². The van der Waals surface area contributed by atoms with Crippen LogP contribution in [-0.4, -0.2) is 0 Å². The fourth-order valence-electron chi connectivity index (χ4n) is 6.35. The van der Waals surface area contributed by atoms with Gasteiger partial charge >= 0.3 is 0 Å². The van der Waals surface area contributed by atoms with Crippen molar-refractivity contribution in [1.82, 2.24) is 0 Å². The summed E-state index contributed by atoms with van der Waals surface area (Å²) in [5.41, 5.74) is 14.0. The van der Waals surface area contributed by atoms with Crippen LogP contribution in [0.1, 0.15) is 22.3 Å². The van der Waals surface area contributed by atoms with Crippen molar-refractivity contribution in [3.05, 3.63) is 142 Å². The lowest BCUT2D eigenvalue weighted by Gasteiger charge is -2.27. The Morgan fingerprint density at radius 3 is 1.59 bits per heavy atom. The van der Waals surface area contributed by atoms with E-state index >= 15 is 0 Å². The van der Waals surface area contributed by atoms with Gasteiger partial charge in [-0.15, -0.1) is 0 Å². The topological polar surface area (TPSA) is 0 Å². The van der Waals surface area contributed by atoms with Crippen molar-refractivity contribution in [3.63, 3.8) is 0 Å².